The van der Waals surface area contributed by atoms with Gasteiger partial charge in [-0.15, -0.1) is 0 Å². The number of hydrogen-bond donors (Lipinski definition) is 6. The number of sulfonamides is 1. The Kier molecular flexibility index (Phi) is 10.4. The quantitative estimate of drug-likeness (QED) is 0.168. The van der Waals surface area contributed by atoms with Gasteiger partial charge in [-0.2, -0.15) is 4.72 Å². The summed E-state index contributed by atoms with van der Waals surface area (Å²) in [6, 6.07) is 11.4. The number of aliphatic hydroxyl groups is 1. The largest absolute Gasteiger partial charge is 0.396 e. The van der Waals surface area contributed by atoms with Crippen molar-refractivity contribution in [1.29, 1.82) is 5.41 Å². The van der Waals surface area contributed by atoms with Gasteiger partial charge in [0.15, 0.2) is 0 Å². The number of nitrogen functional groups attached to an aromatic ring is 1. The average molecular weight is 545 g/mol. The van der Waals surface area contributed by atoms with Crippen LogP contribution in [0.1, 0.15) is 36.8 Å². The summed E-state index contributed by atoms with van der Waals surface area (Å²) in [7, 11) is -4.16. The first kappa shape index (κ1) is 29.2. The van der Waals surface area contributed by atoms with E-state index >= 15 is 0 Å². The summed E-state index contributed by atoms with van der Waals surface area (Å²) >= 11 is 0. The van der Waals surface area contributed by atoms with Gasteiger partial charge < -0.3 is 26.8 Å². The first-order valence-corrected chi connectivity index (χ1v) is 14.1. The third-order valence-corrected chi connectivity index (χ3v) is 8.01. The van der Waals surface area contributed by atoms with Crippen LogP contribution in [0.5, 0.6) is 0 Å². The Labute approximate surface area is 223 Å². The minimum absolute atomic E-state index is 0.0643. The van der Waals surface area contributed by atoms with Crippen LogP contribution >= 0.6 is 0 Å². The van der Waals surface area contributed by atoms with E-state index in [0.29, 0.717) is 36.7 Å². The van der Waals surface area contributed by atoms with Crippen molar-refractivity contribution in [3.05, 3.63) is 59.7 Å². The number of amides is 2. The standard InChI is InChI=1S/C26H36N6O5S/c27-11-7-18-8-12-32(13-9-18)26(35)23(16-19-3-1-4-20(15-19)25(28)29)31-38(36,37)22-6-2-5-21(17-22)30-24(34)10-14-33/h1-6,15,17-18,23,31,33H,7-14,16,27H2,(H3,28,29)(H,30,34)/t23-/m1/s1. The number of carbonyl (C=O) groups excluding carboxylic acids is 2. The molecule has 1 atom stereocenters. The first-order valence-electron chi connectivity index (χ1n) is 12.6. The average Bonchev–Trinajstić information content (AvgIpc) is 2.89. The van der Waals surface area contributed by atoms with Gasteiger partial charge in [0.1, 0.15) is 11.9 Å². The maximum Gasteiger partial charge on any atom is 0.241 e. The Balaban J connectivity index is 1.85. The predicted molar refractivity (Wildman–Crippen MR) is 145 cm³/mol. The highest BCUT2D eigenvalue weighted by atomic mass is 32.2. The Morgan fingerprint density at radius 3 is 2.50 bits per heavy atom. The SMILES string of the molecule is N=C(N)c1cccc(C[C@@H](NS(=O)(=O)c2cccc(NC(=O)CCO)c2)C(=O)N2CCC(CCN)CC2)c1. The van der Waals surface area contributed by atoms with Gasteiger partial charge in [0.25, 0.3) is 0 Å². The Bertz CT molecular complexity index is 1240. The molecular weight excluding hydrogens is 508 g/mol. The second kappa shape index (κ2) is 13.5. The topological polar surface area (TPSA) is 192 Å². The second-order valence-corrected chi connectivity index (χ2v) is 11.1. The molecule has 2 aromatic carbocycles. The number of amidine groups is 1. The van der Waals surface area contributed by atoms with E-state index in [0.717, 1.165) is 19.3 Å². The summed E-state index contributed by atoms with van der Waals surface area (Å²) in [5, 5.41) is 19.2. The van der Waals surface area contributed by atoms with E-state index in [-0.39, 0.29) is 41.8 Å². The number of hydrogen-bond acceptors (Lipinski definition) is 7. The number of aliphatic hydroxyl groups excluding tert-OH is 1. The summed E-state index contributed by atoms with van der Waals surface area (Å²) in [6.07, 6.45) is 2.44. The zero-order chi connectivity index (χ0) is 27.7. The number of anilines is 1. The Hall–Kier alpha value is -3.32. The zero-order valence-corrected chi connectivity index (χ0v) is 22.0. The molecule has 38 heavy (non-hydrogen) atoms. The number of likely N-dealkylation sites (tertiary alicyclic amines) is 1. The van der Waals surface area contributed by atoms with Gasteiger partial charge in [0.2, 0.25) is 21.8 Å². The zero-order valence-electron chi connectivity index (χ0n) is 21.2. The van der Waals surface area contributed by atoms with Gasteiger partial charge in [-0.05, 0) is 68.0 Å². The van der Waals surface area contributed by atoms with Gasteiger partial charge >= 0.3 is 0 Å². The van der Waals surface area contributed by atoms with Crippen LogP contribution in [0.2, 0.25) is 0 Å². The van der Waals surface area contributed by atoms with Crippen molar-refractivity contribution in [2.75, 3.05) is 31.6 Å². The molecule has 1 saturated heterocycles. The minimum Gasteiger partial charge on any atom is -0.396 e. The van der Waals surface area contributed by atoms with Crippen LogP contribution in [-0.4, -0.2) is 68.4 Å². The Morgan fingerprint density at radius 1 is 1.13 bits per heavy atom. The van der Waals surface area contributed by atoms with E-state index in [2.05, 4.69) is 10.0 Å². The molecular formula is C26H36N6O5S. The van der Waals surface area contributed by atoms with Gasteiger partial charge in [-0.3, -0.25) is 15.0 Å². The fourth-order valence-electron chi connectivity index (χ4n) is 4.50. The van der Waals surface area contributed by atoms with Crippen molar-refractivity contribution in [3.8, 4) is 0 Å². The maximum atomic E-state index is 13.6. The molecule has 3 rings (SSSR count). The molecule has 11 nitrogen and oxygen atoms in total. The van der Waals surface area contributed by atoms with Crippen LogP contribution in [0.4, 0.5) is 5.69 Å². The van der Waals surface area contributed by atoms with Crippen molar-refractivity contribution in [1.82, 2.24) is 9.62 Å². The summed E-state index contributed by atoms with van der Waals surface area (Å²) in [5.74, 6) is -0.473. The number of benzene rings is 2. The smallest absolute Gasteiger partial charge is 0.241 e. The van der Waals surface area contributed by atoms with E-state index in [1.165, 1.54) is 24.3 Å². The van der Waals surface area contributed by atoms with Gasteiger partial charge in [0, 0.05) is 24.3 Å². The van der Waals surface area contributed by atoms with Crippen LogP contribution in [0, 0.1) is 11.3 Å². The fraction of sp³-hybridized carbons (Fsp3) is 0.423. The van der Waals surface area contributed by atoms with Crippen LogP contribution in [0.15, 0.2) is 53.4 Å². The van der Waals surface area contributed by atoms with Crippen LogP contribution in [0.25, 0.3) is 0 Å². The molecule has 0 bridgehead atoms. The molecule has 0 radical (unpaired) electrons. The van der Waals surface area contributed by atoms with E-state index in [4.69, 9.17) is 22.0 Å². The summed E-state index contributed by atoms with van der Waals surface area (Å²) < 4.78 is 29.4. The lowest BCUT2D eigenvalue weighted by Gasteiger charge is -2.34. The van der Waals surface area contributed by atoms with E-state index in [1.54, 1.807) is 29.2 Å². The predicted octanol–water partition coefficient (Wildman–Crippen LogP) is 0.769. The molecule has 12 heteroatoms. The Morgan fingerprint density at radius 2 is 1.84 bits per heavy atom. The lowest BCUT2D eigenvalue weighted by Crippen LogP contribution is -2.51. The van der Waals surface area contributed by atoms with Crippen molar-refractivity contribution in [2.24, 2.45) is 17.4 Å². The third-order valence-electron chi connectivity index (χ3n) is 6.54. The molecule has 0 saturated carbocycles. The van der Waals surface area contributed by atoms with E-state index < -0.39 is 22.0 Å². The molecule has 206 valence electrons. The van der Waals surface area contributed by atoms with Crippen molar-refractivity contribution in [3.63, 3.8) is 0 Å². The molecule has 0 spiro atoms. The van der Waals surface area contributed by atoms with Gasteiger partial charge in [-0.1, -0.05) is 24.3 Å². The van der Waals surface area contributed by atoms with E-state index in [1.807, 2.05) is 0 Å². The fourth-order valence-corrected chi connectivity index (χ4v) is 5.74. The number of carbonyl (C=O) groups is 2. The molecule has 0 aromatic heterocycles. The maximum absolute atomic E-state index is 13.6. The summed E-state index contributed by atoms with van der Waals surface area (Å²) in [6.45, 7) is 1.29. The number of rotatable bonds is 12. The van der Waals surface area contributed by atoms with E-state index in [9.17, 15) is 18.0 Å². The molecule has 2 amide bonds. The second-order valence-electron chi connectivity index (χ2n) is 9.39. The summed E-state index contributed by atoms with van der Waals surface area (Å²) in [5.41, 5.74) is 12.7. The molecule has 1 fully saturated rings. The third kappa shape index (κ3) is 8.09. The number of nitrogens with zero attached hydrogens (tertiary/aromatic N) is 1. The van der Waals surface area contributed by atoms with Crippen molar-refractivity contribution in [2.45, 2.75) is 43.0 Å². The normalized spacial score (nSPS) is 15.2. The summed E-state index contributed by atoms with van der Waals surface area (Å²) in [4.78, 5) is 27.0. The van der Waals surface area contributed by atoms with Crippen LogP contribution in [-0.2, 0) is 26.0 Å². The van der Waals surface area contributed by atoms with Gasteiger partial charge in [0.05, 0.1) is 17.9 Å². The lowest BCUT2D eigenvalue weighted by atomic mass is 9.93. The van der Waals surface area contributed by atoms with Gasteiger partial charge in [-0.25, -0.2) is 8.42 Å². The molecule has 0 unspecified atom stereocenters. The highest BCUT2D eigenvalue weighted by molar-refractivity contribution is 7.89. The van der Waals surface area contributed by atoms with Crippen molar-refractivity contribution >= 4 is 33.4 Å². The molecule has 8 N–H and O–H groups in total. The molecule has 1 aliphatic rings. The van der Waals surface area contributed by atoms with Crippen LogP contribution in [0.3, 0.4) is 0 Å². The van der Waals surface area contributed by atoms with Crippen molar-refractivity contribution < 1.29 is 23.1 Å². The number of piperidine rings is 1. The highest BCUT2D eigenvalue weighted by Gasteiger charge is 2.32. The number of nitrogens with two attached hydrogens (primary N) is 2. The molecule has 1 aliphatic heterocycles. The monoisotopic (exact) mass is 544 g/mol. The van der Waals surface area contributed by atoms with Crippen LogP contribution < -0.4 is 21.5 Å². The number of nitrogens with one attached hydrogen (secondary N) is 3. The molecule has 1 heterocycles. The lowest BCUT2D eigenvalue weighted by molar-refractivity contribution is -0.134. The molecule has 2 aromatic rings. The molecule has 0 aliphatic carbocycles. The minimum atomic E-state index is -4.16. The highest BCUT2D eigenvalue weighted by Crippen LogP contribution is 2.22. The first-order chi connectivity index (χ1) is 18.1.